The van der Waals surface area contributed by atoms with Gasteiger partial charge in [0.2, 0.25) is 11.8 Å². The van der Waals surface area contributed by atoms with Crippen LogP contribution >= 0.6 is 11.3 Å². The molecule has 4 heterocycles. The second kappa shape index (κ2) is 9.46. The van der Waals surface area contributed by atoms with Crippen LogP contribution in [0.5, 0.6) is 17.4 Å². The maximum Gasteiger partial charge on any atom is 0.229 e. The van der Waals surface area contributed by atoms with Crippen molar-refractivity contribution in [3.63, 3.8) is 0 Å². The van der Waals surface area contributed by atoms with Crippen LogP contribution in [0.25, 0.3) is 0 Å². The van der Waals surface area contributed by atoms with E-state index in [9.17, 15) is 0 Å². The molecule has 2 aliphatic heterocycles. The molecule has 5 rings (SSSR count). The number of fused-ring (bicyclic) bond motifs is 1. The number of hydrogen-bond donors (Lipinski definition) is 0. The van der Waals surface area contributed by atoms with Gasteiger partial charge >= 0.3 is 0 Å². The van der Waals surface area contributed by atoms with Gasteiger partial charge in [0, 0.05) is 44.0 Å². The molecule has 0 unspecified atom stereocenters. The van der Waals surface area contributed by atoms with E-state index in [1.54, 1.807) is 7.11 Å². The van der Waals surface area contributed by atoms with E-state index in [1.165, 1.54) is 29.7 Å². The van der Waals surface area contributed by atoms with Gasteiger partial charge in [-0.3, -0.25) is 4.90 Å². The van der Waals surface area contributed by atoms with Crippen LogP contribution in [0.4, 0.5) is 5.95 Å². The molecule has 1 fully saturated rings. The van der Waals surface area contributed by atoms with Crippen LogP contribution in [0.1, 0.15) is 41.0 Å². The molecule has 0 spiro atoms. The standard InChI is InChI=1S/C25H30N4O2S/c1-18-11-15-32-23(18)17-28-14-10-20-19(16-28)24(31-22-9-5-4-8-21(22)30-2)27-25(26-20)29-12-6-3-7-13-29/h4-5,8-9,11,15H,3,6-7,10,12-14,16-17H2,1-2H3. The Kier molecular flexibility index (Phi) is 6.28. The zero-order valence-corrected chi connectivity index (χ0v) is 19.7. The number of para-hydroxylation sites is 2. The summed E-state index contributed by atoms with van der Waals surface area (Å²) in [6.45, 7) is 6.94. The van der Waals surface area contributed by atoms with Crippen molar-refractivity contribution in [1.29, 1.82) is 0 Å². The number of thiophene rings is 1. The maximum atomic E-state index is 6.41. The molecule has 1 aromatic carbocycles. The molecule has 3 aromatic rings. The first-order chi connectivity index (χ1) is 15.7. The lowest BCUT2D eigenvalue weighted by atomic mass is 10.1. The summed E-state index contributed by atoms with van der Waals surface area (Å²) < 4.78 is 11.9. The zero-order chi connectivity index (χ0) is 21.9. The van der Waals surface area contributed by atoms with Crippen molar-refractivity contribution in [1.82, 2.24) is 14.9 Å². The molecule has 0 bridgehead atoms. The molecule has 0 saturated carbocycles. The SMILES string of the molecule is COc1ccccc1Oc1nc(N2CCCCC2)nc2c1CN(Cc1sccc1C)CC2. The largest absolute Gasteiger partial charge is 0.493 e. The summed E-state index contributed by atoms with van der Waals surface area (Å²) >= 11 is 1.83. The number of hydrogen-bond acceptors (Lipinski definition) is 7. The highest BCUT2D eigenvalue weighted by Crippen LogP contribution is 2.36. The molecular weight excluding hydrogens is 420 g/mol. The first-order valence-corrected chi connectivity index (χ1v) is 12.3. The Bertz CT molecular complexity index is 1080. The molecule has 7 heteroatoms. The van der Waals surface area contributed by atoms with Crippen LogP contribution in [0.2, 0.25) is 0 Å². The zero-order valence-electron chi connectivity index (χ0n) is 18.8. The van der Waals surface area contributed by atoms with Gasteiger partial charge in [0.1, 0.15) is 0 Å². The Morgan fingerprint density at radius 3 is 2.56 bits per heavy atom. The molecule has 168 valence electrons. The van der Waals surface area contributed by atoms with Crippen LogP contribution < -0.4 is 14.4 Å². The van der Waals surface area contributed by atoms with E-state index in [1.807, 2.05) is 35.6 Å². The minimum absolute atomic E-state index is 0.660. The van der Waals surface area contributed by atoms with Crippen LogP contribution in [0, 0.1) is 6.92 Å². The number of rotatable bonds is 6. The number of methoxy groups -OCH3 is 1. The number of ether oxygens (including phenoxy) is 2. The van der Waals surface area contributed by atoms with E-state index in [0.717, 1.165) is 56.4 Å². The van der Waals surface area contributed by atoms with Gasteiger partial charge in [0.15, 0.2) is 11.5 Å². The van der Waals surface area contributed by atoms with E-state index < -0.39 is 0 Å². The summed E-state index contributed by atoms with van der Waals surface area (Å²) in [5.41, 5.74) is 3.57. The normalized spacial score (nSPS) is 16.6. The van der Waals surface area contributed by atoms with Gasteiger partial charge in [-0.25, -0.2) is 4.98 Å². The minimum atomic E-state index is 0.660. The predicted octanol–water partition coefficient (Wildman–Crippen LogP) is 5.20. The van der Waals surface area contributed by atoms with Crippen molar-refractivity contribution in [3.8, 4) is 17.4 Å². The predicted molar refractivity (Wildman–Crippen MR) is 128 cm³/mol. The first-order valence-electron chi connectivity index (χ1n) is 11.4. The fraction of sp³-hybridized carbons (Fsp3) is 0.440. The summed E-state index contributed by atoms with van der Waals surface area (Å²) in [5.74, 6) is 2.86. The van der Waals surface area contributed by atoms with Crippen molar-refractivity contribution in [3.05, 3.63) is 57.4 Å². The summed E-state index contributed by atoms with van der Waals surface area (Å²) in [5, 5.41) is 2.17. The van der Waals surface area contributed by atoms with Crippen molar-refractivity contribution < 1.29 is 9.47 Å². The van der Waals surface area contributed by atoms with Crippen LogP contribution in [0.3, 0.4) is 0 Å². The molecule has 0 atom stereocenters. The molecule has 1 saturated heterocycles. The van der Waals surface area contributed by atoms with Crippen LogP contribution in [0.15, 0.2) is 35.7 Å². The van der Waals surface area contributed by atoms with Gasteiger partial charge in [-0.2, -0.15) is 4.98 Å². The number of aromatic nitrogens is 2. The topological polar surface area (TPSA) is 50.7 Å². The van der Waals surface area contributed by atoms with Crippen molar-refractivity contribution in [2.45, 2.75) is 45.7 Å². The number of nitrogens with zero attached hydrogens (tertiary/aromatic N) is 4. The first kappa shape index (κ1) is 21.2. The Morgan fingerprint density at radius 1 is 1.00 bits per heavy atom. The van der Waals surface area contributed by atoms with Gasteiger partial charge in [-0.15, -0.1) is 11.3 Å². The van der Waals surface area contributed by atoms with E-state index in [2.05, 4.69) is 28.2 Å². The van der Waals surface area contributed by atoms with Crippen LogP contribution in [-0.2, 0) is 19.5 Å². The third-order valence-corrected chi connectivity index (χ3v) is 7.35. The van der Waals surface area contributed by atoms with Gasteiger partial charge in [0.25, 0.3) is 0 Å². The van der Waals surface area contributed by atoms with Crippen molar-refractivity contribution in [2.75, 3.05) is 31.6 Å². The lowest BCUT2D eigenvalue weighted by molar-refractivity contribution is 0.239. The molecule has 2 aliphatic rings. The van der Waals surface area contributed by atoms with Crippen LogP contribution in [-0.4, -0.2) is 41.6 Å². The number of anilines is 1. The molecule has 2 aromatic heterocycles. The average molecular weight is 451 g/mol. The number of aryl methyl sites for hydroxylation is 1. The Hall–Kier alpha value is -2.64. The molecule has 32 heavy (non-hydrogen) atoms. The van der Waals surface area contributed by atoms with Gasteiger partial charge in [-0.05, 0) is 55.3 Å². The number of piperidine rings is 1. The number of benzene rings is 1. The third kappa shape index (κ3) is 4.45. The van der Waals surface area contributed by atoms with Gasteiger partial charge in [0.05, 0.1) is 18.4 Å². The van der Waals surface area contributed by atoms with E-state index >= 15 is 0 Å². The fourth-order valence-corrected chi connectivity index (χ4v) is 5.41. The second-order valence-electron chi connectivity index (χ2n) is 8.54. The maximum absolute atomic E-state index is 6.41. The van der Waals surface area contributed by atoms with Gasteiger partial charge in [-0.1, -0.05) is 12.1 Å². The molecular formula is C25H30N4O2S. The highest BCUT2D eigenvalue weighted by Gasteiger charge is 2.27. The lowest BCUT2D eigenvalue weighted by Gasteiger charge is -2.31. The van der Waals surface area contributed by atoms with E-state index in [-0.39, 0.29) is 0 Å². The quantitative estimate of drug-likeness (QED) is 0.515. The van der Waals surface area contributed by atoms with E-state index in [0.29, 0.717) is 17.4 Å². The Balaban J connectivity index is 1.48. The highest BCUT2D eigenvalue weighted by molar-refractivity contribution is 7.10. The summed E-state index contributed by atoms with van der Waals surface area (Å²) in [7, 11) is 1.67. The van der Waals surface area contributed by atoms with Crippen molar-refractivity contribution in [2.24, 2.45) is 0 Å². The second-order valence-corrected chi connectivity index (χ2v) is 9.54. The average Bonchev–Trinajstić information content (AvgIpc) is 3.24. The molecule has 0 N–H and O–H groups in total. The molecule has 0 aliphatic carbocycles. The Labute approximate surface area is 193 Å². The fourth-order valence-electron chi connectivity index (χ4n) is 4.46. The third-order valence-electron chi connectivity index (χ3n) is 6.34. The molecule has 6 nitrogen and oxygen atoms in total. The van der Waals surface area contributed by atoms with Gasteiger partial charge < -0.3 is 14.4 Å². The monoisotopic (exact) mass is 450 g/mol. The molecule has 0 amide bonds. The summed E-state index contributed by atoms with van der Waals surface area (Å²) in [6, 6.07) is 9.96. The van der Waals surface area contributed by atoms with E-state index in [4.69, 9.17) is 19.4 Å². The Morgan fingerprint density at radius 2 is 1.81 bits per heavy atom. The van der Waals surface area contributed by atoms with Crippen molar-refractivity contribution >= 4 is 17.3 Å². The lowest BCUT2D eigenvalue weighted by Crippen LogP contribution is -2.34. The molecule has 0 radical (unpaired) electrons. The smallest absolute Gasteiger partial charge is 0.229 e. The highest BCUT2D eigenvalue weighted by atomic mass is 32.1. The summed E-state index contributed by atoms with van der Waals surface area (Å²) in [4.78, 5) is 16.2. The minimum Gasteiger partial charge on any atom is -0.493 e. The summed E-state index contributed by atoms with van der Waals surface area (Å²) in [6.07, 6.45) is 4.57.